The highest BCUT2D eigenvalue weighted by Gasteiger charge is 2.32. The quantitative estimate of drug-likeness (QED) is 0.558. The van der Waals surface area contributed by atoms with E-state index in [0.29, 0.717) is 37.2 Å². The molecule has 35 heavy (non-hydrogen) atoms. The first-order chi connectivity index (χ1) is 16.6. The molecule has 10 heteroatoms. The predicted octanol–water partition coefficient (Wildman–Crippen LogP) is 4.90. The van der Waals surface area contributed by atoms with Crippen molar-refractivity contribution >= 4 is 17.5 Å². The predicted molar refractivity (Wildman–Crippen MR) is 124 cm³/mol. The van der Waals surface area contributed by atoms with Crippen LogP contribution in [-0.2, 0) is 11.0 Å². The van der Waals surface area contributed by atoms with Crippen LogP contribution in [0.5, 0.6) is 0 Å². The Bertz CT molecular complexity index is 1180. The molecule has 0 bridgehead atoms. The van der Waals surface area contributed by atoms with Gasteiger partial charge >= 0.3 is 6.18 Å². The zero-order valence-electron chi connectivity index (χ0n) is 19.4. The number of hydrogen-bond donors (Lipinski definition) is 1. The van der Waals surface area contributed by atoms with Crippen LogP contribution >= 0.6 is 0 Å². The summed E-state index contributed by atoms with van der Waals surface area (Å²) in [6, 6.07) is 11.4. The zero-order valence-corrected chi connectivity index (χ0v) is 19.4. The van der Waals surface area contributed by atoms with Gasteiger partial charge in [0.2, 0.25) is 5.91 Å². The second kappa shape index (κ2) is 9.89. The van der Waals surface area contributed by atoms with Crippen LogP contribution in [0.15, 0.2) is 54.9 Å². The molecular weight excluding hydrogens is 459 g/mol. The maximum Gasteiger partial charge on any atom is 0.417 e. The number of nitrogens with one attached hydrogen (secondary N) is 1. The Balaban J connectivity index is 1.46. The lowest BCUT2D eigenvalue weighted by atomic mass is 9.95. The molecule has 4 rings (SSSR count). The van der Waals surface area contributed by atoms with Gasteiger partial charge in [-0.25, -0.2) is 9.67 Å². The minimum Gasteiger partial charge on any atom is -0.338 e. The normalized spacial score (nSPS) is 14.9. The topological polar surface area (TPSA) is 80.1 Å². The van der Waals surface area contributed by atoms with E-state index >= 15 is 0 Å². The van der Waals surface area contributed by atoms with E-state index in [0.717, 1.165) is 18.0 Å². The lowest BCUT2D eigenvalue weighted by molar-refractivity contribution is -0.137. The maximum atomic E-state index is 13.3. The number of pyridine rings is 1. The van der Waals surface area contributed by atoms with Gasteiger partial charge in [0.05, 0.1) is 23.0 Å². The Kier molecular flexibility index (Phi) is 6.90. The highest BCUT2D eigenvalue weighted by Crippen LogP contribution is 2.30. The van der Waals surface area contributed by atoms with Crippen molar-refractivity contribution in [3.63, 3.8) is 0 Å². The van der Waals surface area contributed by atoms with Gasteiger partial charge in [-0.3, -0.25) is 9.59 Å². The van der Waals surface area contributed by atoms with Crippen molar-refractivity contribution in [3.8, 4) is 5.82 Å². The second-order valence-corrected chi connectivity index (χ2v) is 8.83. The standard InChI is InChI=1S/C25H26F3N5O2/c1-16(2)22-20(15-30-33(22)21-9-8-18(14-29-21)25(26,27)28)24(35)32-12-10-17(11-13-32)23(34)31-19-6-4-3-5-7-19/h3-9,14-17H,10-13H2,1-2H3,(H,31,34). The molecule has 184 valence electrons. The summed E-state index contributed by atoms with van der Waals surface area (Å²) < 4.78 is 40.1. The molecule has 1 aliphatic heterocycles. The third-order valence-electron chi connectivity index (χ3n) is 6.07. The number of halogens is 3. The minimum absolute atomic E-state index is 0.0626. The number of carbonyl (C=O) groups excluding carboxylic acids is 2. The Morgan fingerprint density at radius 3 is 2.29 bits per heavy atom. The van der Waals surface area contributed by atoms with Gasteiger partial charge in [-0.05, 0) is 43.0 Å². The fraction of sp³-hybridized carbons (Fsp3) is 0.360. The molecule has 3 heterocycles. The van der Waals surface area contributed by atoms with Crippen LogP contribution in [0.3, 0.4) is 0 Å². The van der Waals surface area contributed by atoms with Crippen LogP contribution in [0, 0.1) is 5.92 Å². The summed E-state index contributed by atoms with van der Waals surface area (Å²) in [5.74, 6) is -0.393. The van der Waals surface area contributed by atoms with Gasteiger partial charge in [0.1, 0.15) is 0 Å². The third kappa shape index (κ3) is 5.36. The molecule has 2 amide bonds. The molecule has 2 aromatic heterocycles. The molecule has 0 atom stereocenters. The lowest BCUT2D eigenvalue weighted by Gasteiger charge is -2.31. The molecule has 0 aliphatic carbocycles. The summed E-state index contributed by atoms with van der Waals surface area (Å²) in [7, 11) is 0. The summed E-state index contributed by atoms with van der Waals surface area (Å²) in [5.41, 5.74) is 0.844. The van der Waals surface area contributed by atoms with E-state index in [1.165, 1.54) is 16.9 Å². The van der Waals surface area contributed by atoms with Gasteiger partial charge in [-0.2, -0.15) is 18.3 Å². The van der Waals surface area contributed by atoms with Crippen molar-refractivity contribution in [3.05, 3.63) is 71.7 Å². The van der Waals surface area contributed by atoms with Crippen molar-refractivity contribution in [1.82, 2.24) is 19.7 Å². The van der Waals surface area contributed by atoms with Crippen LogP contribution < -0.4 is 5.32 Å². The molecule has 0 radical (unpaired) electrons. The molecule has 1 fully saturated rings. The van der Waals surface area contributed by atoms with Crippen molar-refractivity contribution in [2.24, 2.45) is 5.92 Å². The summed E-state index contributed by atoms with van der Waals surface area (Å²) >= 11 is 0. The Hall–Kier alpha value is -3.69. The third-order valence-corrected chi connectivity index (χ3v) is 6.07. The minimum atomic E-state index is -4.48. The summed E-state index contributed by atoms with van der Waals surface area (Å²) in [4.78, 5) is 31.5. The second-order valence-electron chi connectivity index (χ2n) is 8.83. The average molecular weight is 486 g/mol. The van der Waals surface area contributed by atoms with E-state index in [-0.39, 0.29) is 29.5 Å². The average Bonchev–Trinajstić information content (AvgIpc) is 3.29. The molecule has 3 aromatic rings. The molecule has 0 spiro atoms. The van der Waals surface area contributed by atoms with Crippen molar-refractivity contribution in [2.45, 2.75) is 38.8 Å². The lowest BCUT2D eigenvalue weighted by Crippen LogP contribution is -2.41. The number of carbonyl (C=O) groups is 2. The first-order valence-electron chi connectivity index (χ1n) is 11.4. The molecular formula is C25H26F3N5O2. The maximum absolute atomic E-state index is 13.3. The van der Waals surface area contributed by atoms with E-state index in [2.05, 4.69) is 15.4 Å². The molecule has 7 nitrogen and oxygen atoms in total. The smallest absolute Gasteiger partial charge is 0.338 e. The number of aromatic nitrogens is 3. The molecule has 1 aromatic carbocycles. The number of alkyl halides is 3. The van der Waals surface area contributed by atoms with Crippen LogP contribution in [0.2, 0.25) is 0 Å². The van der Waals surface area contributed by atoms with Gasteiger partial charge in [0.15, 0.2) is 5.82 Å². The molecule has 1 N–H and O–H groups in total. The number of nitrogens with zero attached hydrogens (tertiary/aromatic N) is 4. The van der Waals surface area contributed by atoms with Crippen LogP contribution in [0.25, 0.3) is 5.82 Å². The van der Waals surface area contributed by atoms with Gasteiger partial charge < -0.3 is 10.2 Å². The summed E-state index contributed by atoms with van der Waals surface area (Å²) in [6.07, 6.45) is -1.22. The first-order valence-corrected chi connectivity index (χ1v) is 11.4. The van der Waals surface area contributed by atoms with Gasteiger partial charge in [0.25, 0.3) is 5.91 Å². The number of para-hydroxylation sites is 1. The van der Waals surface area contributed by atoms with Gasteiger partial charge in [-0.1, -0.05) is 32.0 Å². The van der Waals surface area contributed by atoms with E-state index in [1.807, 2.05) is 44.2 Å². The van der Waals surface area contributed by atoms with E-state index in [1.54, 1.807) is 4.90 Å². The largest absolute Gasteiger partial charge is 0.417 e. The summed E-state index contributed by atoms with van der Waals surface area (Å²) in [6.45, 7) is 4.61. The number of hydrogen-bond acceptors (Lipinski definition) is 4. The summed E-state index contributed by atoms with van der Waals surface area (Å²) in [5, 5.41) is 7.18. The van der Waals surface area contributed by atoms with Crippen molar-refractivity contribution < 1.29 is 22.8 Å². The van der Waals surface area contributed by atoms with E-state index in [9.17, 15) is 22.8 Å². The molecule has 1 saturated heterocycles. The van der Waals surface area contributed by atoms with Crippen molar-refractivity contribution in [2.75, 3.05) is 18.4 Å². The Morgan fingerprint density at radius 2 is 1.71 bits per heavy atom. The van der Waals surface area contributed by atoms with Crippen LogP contribution in [0.1, 0.15) is 54.2 Å². The number of rotatable bonds is 5. The van der Waals surface area contributed by atoms with Gasteiger partial charge in [-0.15, -0.1) is 0 Å². The molecule has 0 unspecified atom stereocenters. The number of amides is 2. The molecule has 0 saturated carbocycles. The zero-order chi connectivity index (χ0) is 25.2. The fourth-order valence-corrected chi connectivity index (χ4v) is 4.22. The van der Waals surface area contributed by atoms with E-state index in [4.69, 9.17) is 0 Å². The molecule has 1 aliphatic rings. The van der Waals surface area contributed by atoms with Crippen LogP contribution in [-0.4, -0.2) is 44.6 Å². The number of anilines is 1. The SMILES string of the molecule is CC(C)c1c(C(=O)N2CCC(C(=O)Nc3ccccc3)CC2)cnn1-c1ccc(C(F)(F)F)cn1. The first kappa shape index (κ1) is 24.4. The Labute approximate surface area is 201 Å². The van der Waals surface area contributed by atoms with Gasteiger partial charge in [0, 0.05) is 30.9 Å². The van der Waals surface area contributed by atoms with E-state index < -0.39 is 11.7 Å². The number of likely N-dealkylation sites (tertiary alicyclic amines) is 1. The number of piperidine rings is 1. The van der Waals surface area contributed by atoms with Crippen molar-refractivity contribution in [1.29, 1.82) is 0 Å². The fourth-order valence-electron chi connectivity index (χ4n) is 4.22. The van der Waals surface area contributed by atoms with Crippen LogP contribution in [0.4, 0.5) is 18.9 Å². The Morgan fingerprint density at radius 1 is 1.03 bits per heavy atom. The number of benzene rings is 1. The highest BCUT2D eigenvalue weighted by molar-refractivity contribution is 5.96. The monoisotopic (exact) mass is 485 g/mol. The highest BCUT2D eigenvalue weighted by atomic mass is 19.4.